The second-order valence-electron chi connectivity index (χ2n) is 6.64. The Bertz CT molecular complexity index is 1130. The Balaban J connectivity index is 1.45. The summed E-state index contributed by atoms with van der Waals surface area (Å²) in [5, 5.41) is 6.28. The lowest BCUT2D eigenvalue weighted by Gasteiger charge is -2.05. The predicted octanol–water partition coefficient (Wildman–Crippen LogP) is 5.08. The number of aromatic nitrogens is 3. The van der Waals surface area contributed by atoms with E-state index in [1.165, 1.54) is 0 Å². The normalized spacial score (nSPS) is 11.2. The zero-order chi connectivity index (χ0) is 19.0. The predicted molar refractivity (Wildman–Crippen MR) is 110 cm³/mol. The van der Waals surface area contributed by atoms with E-state index >= 15 is 0 Å². The average Bonchev–Trinajstić information content (AvgIpc) is 3.21. The third-order valence-corrected chi connectivity index (χ3v) is 5.92. The molecular formula is C21H18ClN3OS. The highest BCUT2D eigenvalue weighted by Crippen LogP contribution is 2.27. The molecular weight excluding hydrogens is 378 g/mol. The standard InChI is InChI=1S/C21H18ClN3OS/c1-13-9-16(5-8-19(13)22)11-18(26)10-15-3-6-17(7-4-15)21-24-25-14(2)23-12-20(25)27-21/h3-9,12H,10-11H2,1-2H3. The number of carbonyl (C=O) groups is 1. The number of nitrogens with zero attached hydrogens (tertiary/aromatic N) is 3. The van der Waals surface area contributed by atoms with E-state index in [2.05, 4.69) is 10.1 Å². The van der Waals surface area contributed by atoms with Crippen molar-refractivity contribution >= 4 is 33.6 Å². The van der Waals surface area contributed by atoms with Crippen LogP contribution in [0.1, 0.15) is 22.5 Å². The van der Waals surface area contributed by atoms with Gasteiger partial charge in [0.15, 0.2) is 0 Å². The summed E-state index contributed by atoms with van der Waals surface area (Å²) >= 11 is 7.65. The van der Waals surface area contributed by atoms with E-state index in [-0.39, 0.29) is 5.78 Å². The van der Waals surface area contributed by atoms with Crippen LogP contribution in [-0.4, -0.2) is 20.4 Å². The molecule has 4 aromatic rings. The number of ketones is 1. The van der Waals surface area contributed by atoms with Gasteiger partial charge in [0.2, 0.25) is 0 Å². The van der Waals surface area contributed by atoms with Crippen molar-refractivity contribution in [2.75, 3.05) is 0 Å². The number of benzene rings is 2. The van der Waals surface area contributed by atoms with E-state index in [0.717, 1.165) is 42.9 Å². The molecule has 0 aliphatic heterocycles. The van der Waals surface area contributed by atoms with Gasteiger partial charge in [-0.25, -0.2) is 9.50 Å². The van der Waals surface area contributed by atoms with Gasteiger partial charge in [-0.2, -0.15) is 5.10 Å². The molecule has 0 spiro atoms. The van der Waals surface area contributed by atoms with Crippen LogP contribution in [0, 0.1) is 13.8 Å². The Labute approximate surface area is 166 Å². The number of halogens is 1. The van der Waals surface area contributed by atoms with Gasteiger partial charge in [-0.3, -0.25) is 4.79 Å². The molecule has 2 aromatic heterocycles. The molecule has 4 rings (SSSR count). The fraction of sp³-hybridized carbons (Fsp3) is 0.190. The Hall–Kier alpha value is -2.50. The van der Waals surface area contributed by atoms with Gasteiger partial charge in [-0.15, -0.1) is 0 Å². The van der Waals surface area contributed by atoms with E-state index < -0.39 is 0 Å². The fourth-order valence-corrected chi connectivity index (χ4v) is 4.09. The van der Waals surface area contributed by atoms with Crippen LogP contribution in [0.5, 0.6) is 0 Å². The molecule has 0 N–H and O–H groups in total. The number of Topliss-reactive ketones (excluding diaryl/α,β-unsaturated/α-hetero) is 1. The van der Waals surface area contributed by atoms with Gasteiger partial charge in [-0.1, -0.05) is 59.3 Å². The highest BCUT2D eigenvalue weighted by Gasteiger charge is 2.10. The molecule has 0 saturated heterocycles. The Morgan fingerprint density at radius 3 is 2.48 bits per heavy atom. The summed E-state index contributed by atoms with van der Waals surface area (Å²) in [5.74, 6) is 1.07. The maximum absolute atomic E-state index is 12.4. The smallest absolute Gasteiger partial charge is 0.146 e. The van der Waals surface area contributed by atoms with Crippen molar-refractivity contribution in [3.05, 3.63) is 76.2 Å². The SMILES string of the molecule is Cc1cc(CC(=O)Cc2ccc(-c3nn4c(C)ncc4s3)cc2)ccc1Cl. The molecule has 2 heterocycles. The number of hydrogen-bond acceptors (Lipinski definition) is 4. The van der Waals surface area contributed by atoms with E-state index in [0.29, 0.717) is 12.8 Å². The largest absolute Gasteiger partial charge is 0.299 e. The van der Waals surface area contributed by atoms with Crippen molar-refractivity contribution in [2.45, 2.75) is 26.7 Å². The quantitative estimate of drug-likeness (QED) is 0.473. The maximum atomic E-state index is 12.4. The minimum atomic E-state index is 0.190. The summed E-state index contributed by atoms with van der Waals surface area (Å²) < 4.78 is 1.85. The van der Waals surface area contributed by atoms with Crippen LogP contribution in [0.4, 0.5) is 0 Å². The van der Waals surface area contributed by atoms with Gasteiger partial charge in [0.05, 0.1) is 6.20 Å². The van der Waals surface area contributed by atoms with Gasteiger partial charge < -0.3 is 0 Å². The van der Waals surface area contributed by atoms with E-state index in [1.807, 2.05) is 67.0 Å². The van der Waals surface area contributed by atoms with Crippen LogP contribution in [0.15, 0.2) is 48.7 Å². The number of aryl methyl sites for hydroxylation is 2. The van der Waals surface area contributed by atoms with Crippen molar-refractivity contribution in [1.29, 1.82) is 0 Å². The zero-order valence-corrected chi connectivity index (χ0v) is 16.6. The van der Waals surface area contributed by atoms with Crippen LogP contribution in [0.25, 0.3) is 15.4 Å². The molecule has 6 heteroatoms. The molecule has 2 aromatic carbocycles. The highest BCUT2D eigenvalue weighted by molar-refractivity contribution is 7.20. The van der Waals surface area contributed by atoms with Gasteiger partial charge >= 0.3 is 0 Å². The van der Waals surface area contributed by atoms with Crippen molar-refractivity contribution in [1.82, 2.24) is 14.6 Å². The Kier molecular flexibility index (Phi) is 4.81. The zero-order valence-electron chi connectivity index (χ0n) is 15.1. The molecule has 0 atom stereocenters. The van der Waals surface area contributed by atoms with Crippen LogP contribution in [0.2, 0.25) is 5.02 Å². The first-order valence-corrected chi connectivity index (χ1v) is 9.86. The first-order valence-electron chi connectivity index (χ1n) is 8.67. The summed E-state index contributed by atoms with van der Waals surface area (Å²) in [5.41, 5.74) is 4.06. The van der Waals surface area contributed by atoms with Crippen molar-refractivity contribution < 1.29 is 4.79 Å². The molecule has 0 saturated carbocycles. The molecule has 0 unspecified atom stereocenters. The minimum Gasteiger partial charge on any atom is -0.299 e. The second-order valence-corrected chi connectivity index (χ2v) is 8.05. The topological polar surface area (TPSA) is 47.3 Å². The summed E-state index contributed by atoms with van der Waals surface area (Å²) in [6, 6.07) is 13.8. The van der Waals surface area contributed by atoms with E-state index in [4.69, 9.17) is 11.6 Å². The monoisotopic (exact) mass is 395 g/mol. The lowest BCUT2D eigenvalue weighted by atomic mass is 10.0. The van der Waals surface area contributed by atoms with Gasteiger partial charge in [0, 0.05) is 23.4 Å². The lowest BCUT2D eigenvalue weighted by Crippen LogP contribution is -2.06. The number of fused-ring (bicyclic) bond motifs is 1. The molecule has 136 valence electrons. The van der Waals surface area contributed by atoms with Crippen LogP contribution in [-0.2, 0) is 17.6 Å². The van der Waals surface area contributed by atoms with Crippen LogP contribution in [0.3, 0.4) is 0 Å². The molecule has 0 bridgehead atoms. The molecule has 0 aliphatic carbocycles. The molecule has 0 amide bonds. The number of imidazole rings is 1. The summed E-state index contributed by atoms with van der Waals surface area (Å²) in [4.78, 5) is 17.7. The lowest BCUT2D eigenvalue weighted by molar-refractivity contribution is -0.117. The van der Waals surface area contributed by atoms with Crippen molar-refractivity contribution in [2.24, 2.45) is 0 Å². The summed E-state index contributed by atoms with van der Waals surface area (Å²) in [6.07, 6.45) is 2.68. The van der Waals surface area contributed by atoms with Gasteiger partial charge in [0.1, 0.15) is 21.4 Å². The van der Waals surface area contributed by atoms with Crippen LogP contribution < -0.4 is 0 Å². The Morgan fingerprint density at radius 1 is 1.07 bits per heavy atom. The highest BCUT2D eigenvalue weighted by atomic mass is 35.5. The third kappa shape index (κ3) is 3.80. The number of hydrogen-bond donors (Lipinski definition) is 0. The molecule has 27 heavy (non-hydrogen) atoms. The van der Waals surface area contributed by atoms with Crippen molar-refractivity contribution in [3.63, 3.8) is 0 Å². The summed E-state index contributed by atoms with van der Waals surface area (Å²) in [6.45, 7) is 3.89. The maximum Gasteiger partial charge on any atom is 0.146 e. The average molecular weight is 396 g/mol. The first-order chi connectivity index (χ1) is 13.0. The molecule has 0 radical (unpaired) electrons. The molecule has 4 nitrogen and oxygen atoms in total. The van der Waals surface area contributed by atoms with E-state index in [1.54, 1.807) is 11.3 Å². The first kappa shape index (κ1) is 17.9. The van der Waals surface area contributed by atoms with Gasteiger partial charge in [-0.05, 0) is 36.6 Å². The second kappa shape index (κ2) is 7.25. The molecule has 0 aliphatic rings. The summed E-state index contributed by atoms with van der Waals surface area (Å²) in [7, 11) is 0. The van der Waals surface area contributed by atoms with E-state index in [9.17, 15) is 4.79 Å². The third-order valence-electron chi connectivity index (χ3n) is 4.49. The number of carbonyl (C=O) groups excluding carboxylic acids is 1. The fourth-order valence-electron chi connectivity index (χ4n) is 3.04. The molecule has 0 fully saturated rings. The minimum absolute atomic E-state index is 0.190. The van der Waals surface area contributed by atoms with Crippen LogP contribution >= 0.6 is 22.9 Å². The number of rotatable bonds is 5. The van der Waals surface area contributed by atoms with Crippen molar-refractivity contribution in [3.8, 4) is 10.6 Å². The Morgan fingerprint density at radius 2 is 1.78 bits per heavy atom. The van der Waals surface area contributed by atoms with Gasteiger partial charge in [0.25, 0.3) is 0 Å².